The molecule has 5 nitrogen and oxygen atoms in total. The molecule has 0 fully saturated rings. The molecule has 3 aromatic rings. The van der Waals surface area contributed by atoms with Gasteiger partial charge in [-0.15, -0.1) is 5.10 Å². The lowest BCUT2D eigenvalue weighted by Gasteiger charge is -2.09. The van der Waals surface area contributed by atoms with Crippen LogP contribution in [0.15, 0.2) is 54.7 Å². The zero-order valence-corrected chi connectivity index (χ0v) is 12.4. The fraction of sp³-hybridized carbons (Fsp3) is 0.176. The fourth-order valence-corrected chi connectivity index (χ4v) is 2.23. The molecule has 22 heavy (non-hydrogen) atoms. The van der Waals surface area contributed by atoms with Crippen LogP contribution in [0.3, 0.4) is 0 Å². The summed E-state index contributed by atoms with van der Waals surface area (Å²) in [4.78, 5) is 0. The standard InChI is InChI=1S/C17H18N4O/c1-13-5-7-16(8-6-13)22-10-9-21-17(12-19-20-21)14-3-2-4-15(18)11-14/h2-8,11-12H,9-10,18H2,1H3. The van der Waals surface area contributed by atoms with Crippen molar-refractivity contribution in [3.63, 3.8) is 0 Å². The van der Waals surface area contributed by atoms with Crippen molar-refractivity contribution in [3.05, 3.63) is 60.3 Å². The number of hydrogen-bond acceptors (Lipinski definition) is 4. The van der Waals surface area contributed by atoms with Gasteiger partial charge in [0.2, 0.25) is 0 Å². The van der Waals surface area contributed by atoms with Crippen molar-refractivity contribution in [2.24, 2.45) is 0 Å². The molecule has 5 heteroatoms. The van der Waals surface area contributed by atoms with Crippen molar-refractivity contribution in [3.8, 4) is 17.0 Å². The maximum atomic E-state index is 5.83. The molecule has 112 valence electrons. The number of anilines is 1. The Morgan fingerprint density at radius 2 is 1.95 bits per heavy atom. The summed E-state index contributed by atoms with van der Waals surface area (Å²) in [6.45, 7) is 3.21. The van der Waals surface area contributed by atoms with Crippen LogP contribution in [0.2, 0.25) is 0 Å². The summed E-state index contributed by atoms with van der Waals surface area (Å²) in [6.07, 6.45) is 1.74. The fourth-order valence-electron chi connectivity index (χ4n) is 2.23. The van der Waals surface area contributed by atoms with Gasteiger partial charge >= 0.3 is 0 Å². The summed E-state index contributed by atoms with van der Waals surface area (Å²) < 4.78 is 7.56. The van der Waals surface area contributed by atoms with Crippen LogP contribution in [0.4, 0.5) is 5.69 Å². The predicted molar refractivity (Wildman–Crippen MR) is 86.5 cm³/mol. The van der Waals surface area contributed by atoms with Crippen LogP contribution >= 0.6 is 0 Å². The highest BCUT2D eigenvalue weighted by Gasteiger charge is 2.07. The number of ether oxygens (including phenoxy) is 1. The van der Waals surface area contributed by atoms with Gasteiger partial charge in [-0.3, -0.25) is 0 Å². The second-order valence-electron chi connectivity index (χ2n) is 5.13. The lowest BCUT2D eigenvalue weighted by atomic mass is 10.1. The van der Waals surface area contributed by atoms with E-state index >= 15 is 0 Å². The zero-order valence-electron chi connectivity index (χ0n) is 12.4. The van der Waals surface area contributed by atoms with Crippen LogP contribution in [-0.4, -0.2) is 21.6 Å². The molecule has 0 bridgehead atoms. The summed E-state index contributed by atoms with van der Waals surface area (Å²) in [5.74, 6) is 0.858. The number of rotatable bonds is 5. The van der Waals surface area contributed by atoms with Gasteiger partial charge in [0, 0.05) is 11.3 Å². The molecular weight excluding hydrogens is 276 g/mol. The number of aryl methyl sites for hydroxylation is 1. The van der Waals surface area contributed by atoms with E-state index in [1.165, 1.54) is 5.56 Å². The maximum absolute atomic E-state index is 5.83. The van der Waals surface area contributed by atoms with Crippen molar-refractivity contribution in [2.45, 2.75) is 13.5 Å². The first kappa shape index (κ1) is 14.1. The summed E-state index contributed by atoms with van der Waals surface area (Å²) >= 11 is 0. The first-order valence-electron chi connectivity index (χ1n) is 7.16. The van der Waals surface area contributed by atoms with Crippen molar-refractivity contribution in [1.29, 1.82) is 0 Å². The second-order valence-corrected chi connectivity index (χ2v) is 5.13. The van der Waals surface area contributed by atoms with E-state index in [2.05, 4.69) is 17.2 Å². The van der Waals surface area contributed by atoms with E-state index in [-0.39, 0.29) is 0 Å². The highest BCUT2D eigenvalue weighted by atomic mass is 16.5. The molecule has 0 atom stereocenters. The molecular formula is C17H18N4O. The van der Waals surface area contributed by atoms with E-state index in [1.54, 1.807) is 6.20 Å². The molecule has 2 N–H and O–H groups in total. The molecule has 0 aliphatic rings. The van der Waals surface area contributed by atoms with E-state index in [0.717, 1.165) is 22.7 Å². The van der Waals surface area contributed by atoms with Gasteiger partial charge < -0.3 is 10.5 Å². The van der Waals surface area contributed by atoms with Crippen LogP contribution in [0.25, 0.3) is 11.3 Å². The van der Waals surface area contributed by atoms with Crippen LogP contribution < -0.4 is 10.5 Å². The van der Waals surface area contributed by atoms with Crippen molar-refractivity contribution < 1.29 is 4.74 Å². The first-order valence-corrected chi connectivity index (χ1v) is 7.16. The lowest BCUT2D eigenvalue weighted by Crippen LogP contribution is -2.11. The minimum Gasteiger partial charge on any atom is -0.492 e. The van der Waals surface area contributed by atoms with Crippen LogP contribution in [0, 0.1) is 6.92 Å². The minimum atomic E-state index is 0.530. The van der Waals surface area contributed by atoms with E-state index < -0.39 is 0 Å². The van der Waals surface area contributed by atoms with Crippen molar-refractivity contribution in [2.75, 3.05) is 12.3 Å². The minimum absolute atomic E-state index is 0.530. The molecule has 1 aromatic heterocycles. The van der Waals surface area contributed by atoms with Gasteiger partial charge in [0.05, 0.1) is 18.4 Å². The molecule has 0 aliphatic heterocycles. The quantitative estimate of drug-likeness (QED) is 0.735. The monoisotopic (exact) mass is 294 g/mol. The second kappa shape index (κ2) is 6.30. The number of nitrogens with two attached hydrogens (primary N) is 1. The van der Waals surface area contributed by atoms with Crippen LogP contribution in [-0.2, 0) is 6.54 Å². The van der Waals surface area contributed by atoms with Gasteiger partial charge in [-0.2, -0.15) is 0 Å². The summed E-state index contributed by atoms with van der Waals surface area (Å²) in [6, 6.07) is 15.7. The van der Waals surface area contributed by atoms with Crippen molar-refractivity contribution >= 4 is 5.69 Å². The van der Waals surface area contributed by atoms with Gasteiger partial charge in [0.15, 0.2) is 0 Å². The Hall–Kier alpha value is -2.82. The van der Waals surface area contributed by atoms with E-state index in [4.69, 9.17) is 10.5 Å². The summed E-state index contributed by atoms with van der Waals surface area (Å²) in [5.41, 5.74) is 9.70. The molecule has 0 saturated heterocycles. The molecule has 0 radical (unpaired) electrons. The van der Waals surface area contributed by atoms with Crippen LogP contribution in [0.1, 0.15) is 5.56 Å². The van der Waals surface area contributed by atoms with E-state index in [9.17, 15) is 0 Å². The lowest BCUT2D eigenvalue weighted by molar-refractivity contribution is 0.290. The van der Waals surface area contributed by atoms with Gasteiger partial charge in [-0.05, 0) is 31.2 Å². The Bertz CT molecular complexity index is 749. The third-order valence-electron chi connectivity index (χ3n) is 3.39. The summed E-state index contributed by atoms with van der Waals surface area (Å²) in [5, 5.41) is 8.10. The average molecular weight is 294 g/mol. The van der Waals surface area contributed by atoms with Gasteiger partial charge in [0.1, 0.15) is 12.4 Å². The molecule has 0 amide bonds. The third kappa shape index (κ3) is 3.25. The maximum Gasteiger partial charge on any atom is 0.119 e. The number of benzene rings is 2. The highest BCUT2D eigenvalue weighted by molar-refractivity contribution is 5.63. The molecule has 2 aromatic carbocycles. The topological polar surface area (TPSA) is 66.0 Å². The van der Waals surface area contributed by atoms with Gasteiger partial charge in [-0.1, -0.05) is 35.0 Å². The molecule has 1 heterocycles. The zero-order chi connectivity index (χ0) is 15.4. The normalized spacial score (nSPS) is 10.6. The van der Waals surface area contributed by atoms with Gasteiger partial charge in [0.25, 0.3) is 0 Å². The van der Waals surface area contributed by atoms with Gasteiger partial charge in [-0.25, -0.2) is 4.68 Å². The molecule has 0 unspecified atom stereocenters. The Morgan fingerprint density at radius 1 is 1.14 bits per heavy atom. The average Bonchev–Trinajstić information content (AvgIpc) is 2.98. The molecule has 0 spiro atoms. The highest BCUT2D eigenvalue weighted by Crippen LogP contribution is 2.20. The molecule has 0 saturated carbocycles. The van der Waals surface area contributed by atoms with Crippen LogP contribution in [0.5, 0.6) is 5.75 Å². The Kier molecular flexibility index (Phi) is 4.05. The first-order chi connectivity index (χ1) is 10.7. The van der Waals surface area contributed by atoms with Crippen molar-refractivity contribution in [1.82, 2.24) is 15.0 Å². The third-order valence-corrected chi connectivity index (χ3v) is 3.39. The Labute approximate surface area is 129 Å². The SMILES string of the molecule is Cc1ccc(OCCn2nncc2-c2cccc(N)c2)cc1. The number of nitrogen functional groups attached to an aromatic ring is 1. The number of hydrogen-bond donors (Lipinski definition) is 1. The van der Waals surface area contributed by atoms with E-state index in [0.29, 0.717) is 13.2 Å². The molecule has 0 aliphatic carbocycles. The number of aromatic nitrogens is 3. The molecule has 3 rings (SSSR count). The smallest absolute Gasteiger partial charge is 0.119 e. The largest absolute Gasteiger partial charge is 0.492 e. The predicted octanol–water partition coefficient (Wildman–Crippen LogP) is 2.91. The van der Waals surface area contributed by atoms with E-state index in [1.807, 2.05) is 53.2 Å². The Balaban J connectivity index is 1.66. The Morgan fingerprint density at radius 3 is 2.73 bits per heavy atom. The number of nitrogens with zero attached hydrogens (tertiary/aromatic N) is 3. The summed E-state index contributed by atoms with van der Waals surface area (Å²) in [7, 11) is 0.